The van der Waals surface area contributed by atoms with Crippen molar-refractivity contribution in [1.29, 1.82) is 0 Å². The van der Waals surface area contributed by atoms with Crippen molar-refractivity contribution < 1.29 is 19.4 Å². The predicted octanol–water partition coefficient (Wildman–Crippen LogP) is 3.01. The number of hydrogen-bond acceptors (Lipinski definition) is 6. The maximum absolute atomic E-state index is 11.6. The lowest BCUT2D eigenvalue weighted by molar-refractivity contribution is -0.254. The first-order chi connectivity index (χ1) is 12.0. The Bertz CT molecular complexity index is 959. The van der Waals surface area contributed by atoms with Crippen LogP contribution in [0.5, 0.6) is 11.5 Å². The van der Waals surface area contributed by atoms with Gasteiger partial charge in [-0.25, -0.2) is 0 Å². The minimum Gasteiger partial charge on any atom is -0.545 e. The van der Waals surface area contributed by atoms with Crippen molar-refractivity contribution in [2.75, 3.05) is 19.5 Å². The number of halogens is 1. The van der Waals surface area contributed by atoms with Crippen LogP contribution in [0.15, 0.2) is 42.6 Å². The van der Waals surface area contributed by atoms with E-state index < -0.39 is 5.97 Å². The van der Waals surface area contributed by atoms with E-state index in [1.165, 1.54) is 20.4 Å². The molecule has 128 valence electrons. The Labute approximate surface area is 149 Å². The molecule has 2 aromatic carbocycles. The minimum absolute atomic E-state index is 0.0808. The van der Waals surface area contributed by atoms with Crippen LogP contribution < -0.4 is 19.9 Å². The second-order valence-corrected chi connectivity index (χ2v) is 5.62. The van der Waals surface area contributed by atoms with Crippen molar-refractivity contribution in [2.24, 2.45) is 0 Å². The molecule has 0 saturated carbocycles. The summed E-state index contributed by atoms with van der Waals surface area (Å²) in [7, 11) is 3.05. The number of methoxy groups -OCH3 is 2. The summed E-state index contributed by atoms with van der Waals surface area (Å²) in [5.74, 6) is -0.256. The molecule has 0 radical (unpaired) electrons. The van der Waals surface area contributed by atoms with Gasteiger partial charge in [-0.3, -0.25) is 4.98 Å². The zero-order chi connectivity index (χ0) is 18.0. The molecule has 0 atom stereocenters. The standard InChI is InChI=1S/C18H15ClN2O4/c1-24-11-4-5-14-12(8-11)17(13(9-20-14)18(22)23)21-15-7-10(19)3-6-16(15)25-2/h3-9H,1-2H3,(H,20,21)(H,22,23)/p-1. The maximum Gasteiger partial charge on any atom is 0.142 e. The summed E-state index contributed by atoms with van der Waals surface area (Å²) in [6.45, 7) is 0. The lowest BCUT2D eigenvalue weighted by Crippen LogP contribution is -2.23. The molecule has 1 N–H and O–H groups in total. The summed E-state index contributed by atoms with van der Waals surface area (Å²) in [6.07, 6.45) is 1.25. The van der Waals surface area contributed by atoms with E-state index in [0.717, 1.165) is 0 Å². The Morgan fingerprint density at radius 1 is 1.16 bits per heavy atom. The first-order valence-corrected chi connectivity index (χ1v) is 7.70. The number of nitrogens with one attached hydrogen (secondary N) is 1. The minimum atomic E-state index is -1.35. The van der Waals surface area contributed by atoms with Crippen LogP contribution in [0.25, 0.3) is 10.9 Å². The molecule has 0 aliphatic rings. The van der Waals surface area contributed by atoms with E-state index in [2.05, 4.69) is 10.3 Å². The van der Waals surface area contributed by atoms with Gasteiger partial charge in [-0.05, 0) is 36.4 Å². The fourth-order valence-electron chi connectivity index (χ4n) is 2.50. The number of carboxylic acids is 1. The molecule has 0 saturated heterocycles. The molecule has 1 aromatic heterocycles. The fourth-order valence-corrected chi connectivity index (χ4v) is 2.67. The molecule has 25 heavy (non-hydrogen) atoms. The highest BCUT2D eigenvalue weighted by molar-refractivity contribution is 6.31. The molecular formula is C18H14ClN2O4-. The van der Waals surface area contributed by atoms with Gasteiger partial charge in [0.1, 0.15) is 11.5 Å². The van der Waals surface area contributed by atoms with E-state index in [4.69, 9.17) is 21.1 Å². The van der Waals surface area contributed by atoms with Gasteiger partial charge in [-0.2, -0.15) is 0 Å². The second-order valence-electron chi connectivity index (χ2n) is 5.19. The van der Waals surface area contributed by atoms with Crippen LogP contribution in [-0.4, -0.2) is 25.2 Å². The van der Waals surface area contributed by atoms with Gasteiger partial charge in [0.15, 0.2) is 0 Å². The fraction of sp³-hybridized carbons (Fsp3) is 0.111. The number of anilines is 2. The zero-order valence-corrected chi connectivity index (χ0v) is 14.3. The van der Waals surface area contributed by atoms with Gasteiger partial charge in [0.25, 0.3) is 0 Å². The summed E-state index contributed by atoms with van der Waals surface area (Å²) in [5, 5.41) is 15.7. The van der Waals surface area contributed by atoms with Gasteiger partial charge in [-0.1, -0.05) is 11.6 Å². The number of ether oxygens (including phenoxy) is 2. The summed E-state index contributed by atoms with van der Waals surface area (Å²) in [4.78, 5) is 15.7. The number of rotatable bonds is 5. The third-order valence-corrected chi connectivity index (χ3v) is 3.95. The number of carbonyl (C=O) groups is 1. The van der Waals surface area contributed by atoms with Crippen molar-refractivity contribution in [3.05, 3.63) is 53.2 Å². The number of fused-ring (bicyclic) bond motifs is 1. The first kappa shape index (κ1) is 16.9. The highest BCUT2D eigenvalue weighted by Gasteiger charge is 2.14. The molecule has 0 aliphatic heterocycles. The smallest absolute Gasteiger partial charge is 0.142 e. The Morgan fingerprint density at radius 3 is 2.64 bits per heavy atom. The summed E-state index contributed by atoms with van der Waals surface area (Å²) >= 11 is 6.05. The predicted molar refractivity (Wildman–Crippen MR) is 93.9 cm³/mol. The van der Waals surface area contributed by atoms with Gasteiger partial charge in [-0.15, -0.1) is 0 Å². The normalized spacial score (nSPS) is 10.5. The molecule has 7 heteroatoms. The molecular weight excluding hydrogens is 344 g/mol. The monoisotopic (exact) mass is 357 g/mol. The molecule has 0 fully saturated rings. The SMILES string of the molecule is COc1ccc2ncc(C(=O)[O-])c(Nc3cc(Cl)ccc3OC)c2c1. The van der Waals surface area contributed by atoms with Gasteiger partial charge in [0, 0.05) is 22.2 Å². The molecule has 0 amide bonds. The van der Waals surface area contributed by atoms with Crippen LogP contribution in [0.4, 0.5) is 11.4 Å². The van der Waals surface area contributed by atoms with Crippen LogP contribution in [0.3, 0.4) is 0 Å². The highest BCUT2D eigenvalue weighted by Crippen LogP contribution is 2.35. The van der Waals surface area contributed by atoms with Crippen molar-refractivity contribution in [3.63, 3.8) is 0 Å². The van der Waals surface area contributed by atoms with Gasteiger partial charge in [0.05, 0.1) is 37.1 Å². The van der Waals surface area contributed by atoms with Crippen molar-refractivity contribution in [1.82, 2.24) is 4.98 Å². The Kier molecular flexibility index (Phi) is 4.63. The average Bonchev–Trinajstić information content (AvgIpc) is 2.61. The number of nitrogens with zero attached hydrogens (tertiary/aromatic N) is 1. The van der Waals surface area contributed by atoms with E-state index >= 15 is 0 Å². The third-order valence-electron chi connectivity index (χ3n) is 3.72. The van der Waals surface area contributed by atoms with Crippen molar-refractivity contribution in [3.8, 4) is 11.5 Å². The Morgan fingerprint density at radius 2 is 1.96 bits per heavy atom. The number of benzene rings is 2. The topological polar surface area (TPSA) is 83.5 Å². The average molecular weight is 358 g/mol. The summed E-state index contributed by atoms with van der Waals surface area (Å²) in [5.41, 5.74) is 1.37. The number of aromatic carboxylic acids is 1. The zero-order valence-electron chi connectivity index (χ0n) is 13.5. The van der Waals surface area contributed by atoms with Crippen molar-refractivity contribution in [2.45, 2.75) is 0 Å². The number of aromatic nitrogens is 1. The number of hydrogen-bond donors (Lipinski definition) is 1. The van der Waals surface area contributed by atoms with Crippen molar-refractivity contribution >= 4 is 39.8 Å². The van der Waals surface area contributed by atoms with Crippen LogP contribution in [0.2, 0.25) is 5.02 Å². The van der Waals surface area contributed by atoms with Gasteiger partial charge >= 0.3 is 0 Å². The molecule has 3 rings (SSSR count). The summed E-state index contributed by atoms with van der Waals surface area (Å²) < 4.78 is 10.5. The van der Waals surface area contributed by atoms with Crippen LogP contribution in [0.1, 0.15) is 10.4 Å². The maximum atomic E-state index is 11.6. The molecule has 0 aliphatic carbocycles. The molecule has 0 bridgehead atoms. The number of carbonyl (C=O) groups excluding carboxylic acids is 1. The van der Waals surface area contributed by atoms with Crippen LogP contribution in [0, 0.1) is 0 Å². The van der Waals surface area contributed by atoms with Crippen LogP contribution in [-0.2, 0) is 0 Å². The molecule has 0 unspecified atom stereocenters. The first-order valence-electron chi connectivity index (χ1n) is 7.32. The lowest BCUT2D eigenvalue weighted by Gasteiger charge is -2.17. The van der Waals surface area contributed by atoms with Gasteiger partial charge < -0.3 is 24.7 Å². The number of pyridine rings is 1. The quantitative estimate of drug-likeness (QED) is 0.755. The molecule has 1 heterocycles. The lowest BCUT2D eigenvalue weighted by atomic mass is 10.1. The molecule has 0 spiro atoms. The third kappa shape index (κ3) is 3.29. The Hall–Kier alpha value is -2.99. The van der Waals surface area contributed by atoms with Gasteiger partial charge in [0.2, 0.25) is 0 Å². The van der Waals surface area contributed by atoms with E-state index in [9.17, 15) is 9.90 Å². The van der Waals surface area contributed by atoms with E-state index in [1.807, 2.05) is 0 Å². The summed E-state index contributed by atoms with van der Waals surface area (Å²) in [6, 6.07) is 10.2. The molecule has 6 nitrogen and oxygen atoms in total. The Balaban J connectivity index is 2.24. The highest BCUT2D eigenvalue weighted by atomic mass is 35.5. The number of carboxylic acid groups (broad SMARTS) is 1. The largest absolute Gasteiger partial charge is 0.545 e. The molecule has 3 aromatic rings. The van der Waals surface area contributed by atoms with E-state index in [1.54, 1.807) is 36.4 Å². The van der Waals surface area contributed by atoms with E-state index in [0.29, 0.717) is 38.8 Å². The van der Waals surface area contributed by atoms with E-state index in [-0.39, 0.29) is 5.56 Å². The second kappa shape index (κ2) is 6.86. The van der Waals surface area contributed by atoms with Crippen LogP contribution >= 0.6 is 11.6 Å².